The van der Waals surface area contributed by atoms with Crippen molar-refractivity contribution in [3.05, 3.63) is 89.1 Å². The molecule has 0 aliphatic heterocycles. The average Bonchev–Trinajstić information content (AvgIpc) is 2.58. The van der Waals surface area contributed by atoms with Gasteiger partial charge in [0.25, 0.3) is 0 Å². The molecule has 0 radical (unpaired) electrons. The van der Waals surface area contributed by atoms with Crippen molar-refractivity contribution in [2.24, 2.45) is 0 Å². The van der Waals surface area contributed by atoms with Crippen LogP contribution in [0, 0.1) is 0 Å². The summed E-state index contributed by atoms with van der Waals surface area (Å²) >= 11 is 6.07. The molecule has 2 aromatic carbocycles. The van der Waals surface area contributed by atoms with Crippen LogP contribution in [0.25, 0.3) is 0 Å². The van der Waals surface area contributed by atoms with Gasteiger partial charge in [-0.15, -0.1) is 0 Å². The van der Waals surface area contributed by atoms with Crippen molar-refractivity contribution in [1.82, 2.24) is 4.98 Å². The van der Waals surface area contributed by atoms with Crippen LogP contribution in [0.15, 0.2) is 72.8 Å². The van der Waals surface area contributed by atoms with Gasteiger partial charge in [-0.2, -0.15) is 0 Å². The second kappa shape index (κ2) is 7.16. The first-order valence-corrected chi connectivity index (χ1v) is 7.85. The molecule has 1 aromatic heterocycles. The first-order valence-electron chi connectivity index (χ1n) is 7.47. The third-order valence-corrected chi connectivity index (χ3v) is 3.81. The van der Waals surface area contributed by atoms with Gasteiger partial charge in [-0.25, -0.2) is 4.98 Å². The molecule has 0 amide bonds. The summed E-state index contributed by atoms with van der Waals surface area (Å²) in [5.41, 5.74) is 9.16. The highest BCUT2D eigenvalue weighted by Crippen LogP contribution is 2.26. The van der Waals surface area contributed by atoms with Gasteiger partial charge in [0.1, 0.15) is 5.15 Å². The number of hydrogen-bond donors (Lipinski definition) is 1. The van der Waals surface area contributed by atoms with Crippen LogP contribution in [0.3, 0.4) is 0 Å². The van der Waals surface area contributed by atoms with Crippen molar-refractivity contribution in [1.29, 1.82) is 0 Å². The quantitative estimate of drug-likeness (QED) is 0.702. The average molecular weight is 324 g/mol. The number of nitrogens with two attached hydrogens (primary N) is 1. The smallest absolute Gasteiger partial charge is 0.154 e. The van der Waals surface area contributed by atoms with Gasteiger partial charge in [0.15, 0.2) is 5.82 Å². The zero-order chi connectivity index (χ0) is 16.1. The molecule has 0 atom stereocenters. The fourth-order valence-electron chi connectivity index (χ4n) is 2.50. The summed E-state index contributed by atoms with van der Waals surface area (Å²) in [7, 11) is 0. The van der Waals surface area contributed by atoms with Gasteiger partial charge in [-0.3, -0.25) is 0 Å². The van der Waals surface area contributed by atoms with Gasteiger partial charge in [-0.1, -0.05) is 72.3 Å². The number of nitrogen functional groups attached to an aromatic ring is 1. The summed E-state index contributed by atoms with van der Waals surface area (Å²) in [5.74, 6) is 0.713. The Morgan fingerprint density at radius 2 is 1.30 bits per heavy atom. The Labute approximate surface area is 141 Å². The number of anilines is 2. The van der Waals surface area contributed by atoms with Crippen LogP contribution < -0.4 is 10.6 Å². The van der Waals surface area contributed by atoms with Crippen LogP contribution in [-0.4, -0.2) is 4.98 Å². The number of benzene rings is 2. The van der Waals surface area contributed by atoms with E-state index < -0.39 is 0 Å². The highest BCUT2D eigenvalue weighted by molar-refractivity contribution is 6.29. The van der Waals surface area contributed by atoms with Crippen LogP contribution in [0.4, 0.5) is 11.5 Å². The number of rotatable bonds is 5. The molecule has 0 unspecified atom stereocenters. The first-order chi connectivity index (χ1) is 11.2. The Bertz CT molecular complexity index is 719. The maximum absolute atomic E-state index is 6.13. The molecule has 0 fully saturated rings. The topological polar surface area (TPSA) is 42.1 Å². The standard InChI is InChI=1S/C19H18ClN3/c20-18-12-11-17(21)19(22-18)23(13-15-7-3-1-4-8-15)14-16-9-5-2-6-10-16/h1-12H,13-14,21H2. The van der Waals surface area contributed by atoms with Crippen LogP contribution in [0.1, 0.15) is 11.1 Å². The van der Waals surface area contributed by atoms with Crippen LogP contribution >= 0.6 is 11.6 Å². The minimum absolute atomic E-state index is 0.445. The lowest BCUT2D eigenvalue weighted by Crippen LogP contribution is -2.24. The van der Waals surface area contributed by atoms with Crippen molar-refractivity contribution >= 4 is 23.1 Å². The number of aromatic nitrogens is 1. The third kappa shape index (κ3) is 4.02. The minimum Gasteiger partial charge on any atom is -0.396 e. The van der Waals surface area contributed by atoms with Gasteiger partial charge in [0.05, 0.1) is 5.69 Å². The van der Waals surface area contributed by atoms with Gasteiger partial charge in [0, 0.05) is 13.1 Å². The third-order valence-electron chi connectivity index (χ3n) is 3.60. The minimum atomic E-state index is 0.445. The van der Waals surface area contributed by atoms with E-state index in [-0.39, 0.29) is 0 Å². The lowest BCUT2D eigenvalue weighted by molar-refractivity contribution is 0.785. The van der Waals surface area contributed by atoms with Crippen LogP contribution in [0.2, 0.25) is 5.15 Å². The Kier molecular flexibility index (Phi) is 4.79. The number of halogens is 1. The monoisotopic (exact) mass is 323 g/mol. The second-order valence-electron chi connectivity index (χ2n) is 5.37. The fourth-order valence-corrected chi connectivity index (χ4v) is 2.65. The van der Waals surface area contributed by atoms with E-state index in [2.05, 4.69) is 34.1 Å². The summed E-state index contributed by atoms with van der Waals surface area (Å²) in [4.78, 5) is 6.58. The van der Waals surface area contributed by atoms with E-state index in [0.29, 0.717) is 29.7 Å². The maximum atomic E-state index is 6.13. The van der Waals surface area contributed by atoms with Crippen molar-refractivity contribution in [2.45, 2.75) is 13.1 Å². The molecule has 3 rings (SSSR count). The molecule has 2 N–H and O–H groups in total. The van der Waals surface area contributed by atoms with Crippen molar-refractivity contribution in [2.75, 3.05) is 10.6 Å². The molecule has 3 aromatic rings. The molecular formula is C19H18ClN3. The van der Waals surface area contributed by atoms with E-state index in [9.17, 15) is 0 Å². The molecule has 0 saturated heterocycles. The lowest BCUT2D eigenvalue weighted by Gasteiger charge is -2.25. The van der Waals surface area contributed by atoms with E-state index in [1.54, 1.807) is 12.1 Å². The Balaban J connectivity index is 1.94. The number of hydrogen-bond acceptors (Lipinski definition) is 3. The van der Waals surface area contributed by atoms with Crippen molar-refractivity contribution < 1.29 is 0 Å². The van der Waals surface area contributed by atoms with E-state index in [1.807, 2.05) is 36.4 Å². The summed E-state index contributed by atoms with van der Waals surface area (Å²) < 4.78 is 0. The van der Waals surface area contributed by atoms with E-state index in [1.165, 1.54) is 11.1 Å². The predicted octanol–water partition coefficient (Wildman–Crippen LogP) is 4.52. The van der Waals surface area contributed by atoms with Crippen LogP contribution in [-0.2, 0) is 13.1 Å². The highest BCUT2D eigenvalue weighted by Gasteiger charge is 2.13. The van der Waals surface area contributed by atoms with Crippen molar-refractivity contribution in [3.8, 4) is 0 Å². The first kappa shape index (κ1) is 15.4. The van der Waals surface area contributed by atoms with Gasteiger partial charge >= 0.3 is 0 Å². The molecule has 23 heavy (non-hydrogen) atoms. The fraction of sp³-hybridized carbons (Fsp3) is 0.105. The van der Waals surface area contributed by atoms with Crippen LogP contribution in [0.5, 0.6) is 0 Å². The molecular weight excluding hydrogens is 306 g/mol. The van der Waals surface area contributed by atoms with E-state index >= 15 is 0 Å². The highest BCUT2D eigenvalue weighted by atomic mass is 35.5. The zero-order valence-electron chi connectivity index (χ0n) is 12.7. The molecule has 0 spiro atoms. The Morgan fingerprint density at radius 1 is 0.783 bits per heavy atom. The molecule has 0 bridgehead atoms. The number of pyridine rings is 1. The molecule has 0 aliphatic carbocycles. The second-order valence-corrected chi connectivity index (χ2v) is 5.76. The van der Waals surface area contributed by atoms with Gasteiger partial charge in [-0.05, 0) is 23.3 Å². The predicted molar refractivity (Wildman–Crippen MR) is 96.4 cm³/mol. The maximum Gasteiger partial charge on any atom is 0.154 e. The van der Waals surface area contributed by atoms with E-state index in [4.69, 9.17) is 17.3 Å². The summed E-state index contributed by atoms with van der Waals surface area (Å²) in [5, 5.41) is 0.445. The van der Waals surface area contributed by atoms with E-state index in [0.717, 1.165) is 0 Å². The lowest BCUT2D eigenvalue weighted by atomic mass is 10.1. The van der Waals surface area contributed by atoms with Gasteiger partial charge < -0.3 is 10.6 Å². The number of nitrogens with zero attached hydrogens (tertiary/aromatic N) is 2. The largest absolute Gasteiger partial charge is 0.396 e. The SMILES string of the molecule is Nc1ccc(Cl)nc1N(Cc1ccccc1)Cc1ccccc1. The summed E-state index contributed by atoms with van der Waals surface area (Å²) in [6, 6.07) is 24.0. The van der Waals surface area contributed by atoms with Gasteiger partial charge in [0.2, 0.25) is 0 Å². The molecule has 0 aliphatic rings. The molecule has 3 nitrogen and oxygen atoms in total. The summed E-state index contributed by atoms with van der Waals surface area (Å²) in [6.07, 6.45) is 0. The zero-order valence-corrected chi connectivity index (χ0v) is 13.4. The summed E-state index contributed by atoms with van der Waals surface area (Å²) in [6.45, 7) is 1.43. The Morgan fingerprint density at radius 3 is 1.83 bits per heavy atom. The normalized spacial score (nSPS) is 10.5. The molecule has 0 saturated carbocycles. The molecule has 1 heterocycles. The molecule has 116 valence electrons. The Hall–Kier alpha value is -2.52. The van der Waals surface area contributed by atoms with Crippen molar-refractivity contribution in [3.63, 3.8) is 0 Å². The molecule has 4 heteroatoms.